The highest BCUT2D eigenvalue weighted by molar-refractivity contribution is 9.10. The molecule has 0 spiro atoms. The van der Waals surface area contributed by atoms with Gasteiger partial charge in [0.25, 0.3) is 0 Å². The number of hydrogen-bond donors (Lipinski definition) is 1. The predicted octanol–water partition coefficient (Wildman–Crippen LogP) is 4.48. The van der Waals surface area contributed by atoms with Gasteiger partial charge in [-0.05, 0) is 61.2 Å². The van der Waals surface area contributed by atoms with E-state index in [1.165, 1.54) is 12.1 Å². The van der Waals surface area contributed by atoms with Crippen molar-refractivity contribution in [2.75, 3.05) is 0 Å². The summed E-state index contributed by atoms with van der Waals surface area (Å²) in [4.78, 5) is 0. The van der Waals surface area contributed by atoms with Gasteiger partial charge in [0.1, 0.15) is 18.2 Å². The molecular formula is C17H18BrFO2. The van der Waals surface area contributed by atoms with Crippen LogP contribution in [0.5, 0.6) is 5.75 Å². The number of ether oxygens (including phenoxy) is 1. The normalized spacial score (nSPS) is 12.2. The Morgan fingerprint density at radius 2 is 1.86 bits per heavy atom. The predicted molar refractivity (Wildman–Crippen MR) is 84.9 cm³/mol. The second-order valence-corrected chi connectivity index (χ2v) is 6.01. The van der Waals surface area contributed by atoms with E-state index in [4.69, 9.17) is 4.74 Å². The summed E-state index contributed by atoms with van der Waals surface area (Å²) in [5.74, 6) is 0.465. The maximum Gasteiger partial charge on any atom is 0.124 e. The van der Waals surface area contributed by atoms with Gasteiger partial charge < -0.3 is 9.84 Å². The fourth-order valence-electron chi connectivity index (χ4n) is 1.99. The summed E-state index contributed by atoms with van der Waals surface area (Å²) in [5, 5.41) is 9.26. The zero-order valence-electron chi connectivity index (χ0n) is 11.9. The molecular weight excluding hydrogens is 335 g/mol. The van der Waals surface area contributed by atoms with Crippen LogP contribution in [0.15, 0.2) is 46.9 Å². The van der Waals surface area contributed by atoms with Crippen LogP contribution in [-0.2, 0) is 13.0 Å². The molecule has 2 aromatic carbocycles. The SMILES string of the molecule is CC(O)CCc1ccc(OCc2cc(F)cc(Br)c2)cc1. The van der Waals surface area contributed by atoms with Crippen molar-refractivity contribution in [2.45, 2.75) is 32.5 Å². The third-order valence-electron chi connectivity index (χ3n) is 3.10. The number of halogens is 2. The summed E-state index contributed by atoms with van der Waals surface area (Å²) in [6.07, 6.45) is 1.30. The van der Waals surface area contributed by atoms with Crippen molar-refractivity contribution in [3.8, 4) is 5.75 Å². The van der Waals surface area contributed by atoms with Gasteiger partial charge in [0.05, 0.1) is 6.10 Å². The zero-order chi connectivity index (χ0) is 15.2. The van der Waals surface area contributed by atoms with Gasteiger partial charge in [-0.1, -0.05) is 28.1 Å². The van der Waals surface area contributed by atoms with Crippen LogP contribution < -0.4 is 4.74 Å². The molecule has 1 N–H and O–H groups in total. The lowest BCUT2D eigenvalue weighted by atomic mass is 10.1. The summed E-state index contributed by atoms with van der Waals surface area (Å²) in [7, 11) is 0. The largest absolute Gasteiger partial charge is 0.489 e. The number of rotatable bonds is 6. The number of aliphatic hydroxyl groups is 1. The van der Waals surface area contributed by atoms with E-state index in [1.54, 1.807) is 6.92 Å². The minimum absolute atomic E-state index is 0.281. The summed E-state index contributed by atoms with van der Waals surface area (Å²) < 4.78 is 19.6. The molecule has 0 fully saturated rings. The molecule has 0 aliphatic rings. The van der Waals surface area contributed by atoms with Crippen molar-refractivity contribution in [1.82, 2.24) is 0 Å². The van der Waals surface area contributed by atoms with E-state index < -0.39 is 0 Å². The molecule has 0 amide bonds. The molecule has 2 aromatic rings. The zero-order valence-corrected chi connectivity index (χ0v) is 13.4. The fourth-order valence-corrected chi connectivity index (χ4v) is 2.50. The first-order chi connectivity index (χ1) is 10.0. The molecule has 0 radical (unpaired) electrons. The second-order valence-electron chi connectivity index (χ2n) is 5.10. The molecule has 4 heteroatoms. The van der Waals surface area contributed by atoms with Crippen LogP contribution in [0.25, 0.3) is 0 Å². The van der Waals surface area contributed by atoms with Crippen molar-refractivity contribution in [3.05, 3.63) is 63.9 Å². The highest BCUT2D eigenvalue weighted by atomic mass is 79.9. The van der Waals surface area contributed by atoms with Gasteiger partial charge in [-0.25, -0.2) is 4.39 Å². The van der Waals surface area contributed by atoms with Crippen molar-refractivity contribution < 1.29 is 14.2 Å². The van der Waals surface area contributed by atoms with Crippen LogP contribution in [0, 0.1) is 5.82 Å². The molecule has 21 heavy (non-hydrogen) atoms. The molecule has 112 valence electrons. The highest BCUT2D eigenvalue weighted by Crippen LogP contribution is 2.18. The van der Waals surface area contributed by atoms with Crippen LogP contribution in [0.4, 0.5) is 4.39 Å². The molecule has 0 aliphatic heterocycles. The minimum Gasteiger partial charge on any atom is -0.489 e. The summed E-state index contributed by atoms with van der Waals surface area (Å²) >= 11 is 3.26. The number of benzene rings is 2. The van der Waals surface area contributed by atoms with Crippen LogP contribution in [-0.4, -0.2) is 11.2 Å². The smallest absolute Gasteiger partial charge is 0.124 e. The van der Waals surface area contributed by atoms with Crippen molar-refractivity contribution in [2.24, 2.45) is 0 Å². The maximum absolute atomic E-state index is 13.3. The van der Waals surface area contributed by atoms with Gasteiger partial charge in [-0.2, -0.15) is 0 Å². The minimum atomic E-state index is -0.285. The van der Waals surface area contributed by atoms with E-state index in [1.807, 2.05) is 30.3 Å². The number of aryl methyl sites for hydroxylation is 1. The third kappa shape index (κ3) is 5.48. The Kier molecular flexibility index (Phi) is 5.76. The van der Waals surface area contributed by atoms with Crippen LogP contribution in [0.3, 0.4) is 0 Å². The quantitative estimate of drug-likeness (QED) is 0.830. The fraction of sp³-hybridized carbons (Fsp3) is 0.294. The molecule has 0 aliphatic carbocycles. The van der Waals surface area contributed by atoms with Gasteiger partial charge in [0.15, 0.2) is 0 Å². The first-order valence-electron chi connectivity index (χ1n) is 6.88. The molecule has 0 aromatic heterocycles. The van der Waals surface area contributed by atoms with E-state index in [-0.39, 0.29) is 11.9 Å². The van der Waals surface area contributed by atoms with E-state index in [2.05, 4.69) is 15.9 Å². The van der Waals surface area contributed by atoms with Crippen LogP contribution in [0.1, 0.15) is 24.5 Å². The molecule has 0 heterocycles. The van der Waals surface area contributed by atoms with E-state index >= 15 is 0 Å². The molecule has 0 saturated heterocycles. The lowest BCUT2D eigenvalue weighted by Gasteiger charge is -2.08. The number of aliphatic hydroxyl groups excluding tert-OH is 1. The van der Waals surface area contributed by atoms with E-state index in [9.17, 15) is 9.50 Å². The summed E-state index contributed by atoms with van der Waals surface area (Å²) in [5.41, 5.74) is 1.94. The van der Waals surface area contributed by atoms with Gasteiger partial charge in [-0.15, -0.1) is 0 Å². The Bertz CT molecular complexity index is 562. The Balaban J connectivity index is 1.91. The Morgan fingerprint density at radius 1 is 1.14 bits per heavy atom. The Labute approximate surface area is 132 Å². The van der Waals surface area contributed by atoms with Gasteiger partial charge in [0.2, 0.25) is 0 Å². The Morgan fingerprint density at radius 3 is 2.48 bits per heavy atom. The molecule has 2 rings (SSSR count). The topological polar surface area (TPSA) is 29.5 Å². The maximum atomic E-state index is 13.3. The monoisotopic (exact) mass is 352 g/mol. The lowest BCUT2D eigenvalue weighted by molar-refractivity contribution is 0.185. The molecule has 0 bridgehead atoms. The number of hydrogen-bond acceptors (Lipinski definition) is 2. The van der Waals surface area contributed by atoms with Gasteiger partial charge >= 0.3 is 0 Å². The first kappa shape index (κ1) is 16.0. The average Bonchev–Trinajstić information content (AvgIpc) is 2.43. The first-order valence-corrected chi connectivity index (χ1v) is 7.67. The summed E-state index contributed by atoms with van der Waals surface area (Å²) in [6, 6.07) is 12.5. The summed E-state index contributed by atoms with van der Waals surface area (Å²) in [6.45, 7) is 2.11. The third-order valence-corrected chi connectivity index (χ3v) is 3.56. The van der Waals surface area contributed by atoms with Crippen molar-refractivity contribution in [1.29, 1.82) is 0 Å². The van der Waals surface area contributed by atoms with E-state index in [0.717, 1.165) is 29.7 Å². The Hall–Kier alpha value is -1.39. The van der Waals surface area contributed by atoms with Crippen LogP contribution in [0.2, 0.25) is 0 Å². The molecule has 1 atom stereocenters. The second kappa shape index (κ2) is 7.57. The van der Waals surface area contributed by atoms with E-state index in [0.29, 0.717) is 11.1 Å². The van der Waals surface area contributed by atoms with Crippen LogP contribution >= 0.6 is 15.9 Å². The average molecular weight is 353 g/mol. The molecule has 2 nitrogen and oxygen atoms in total. The lowest BCUT2D eigenvalue weighted by Crippen LogP contribution is -2.01. The van der Waals surface area contributed by atoms with Crippen molar-refractivity contribution in [3.63, 3.8) is 0 Å². The molecule has 1 unspecified atom stereocenters. The van der Waals surface area contributed by atoms with Gasteiger partial charge in [0, 0.05) is 4.47 Å². The highest BCUT2D eigenvalue weighted by Gasteiger charge is 2.02. The van der Waals surface area contributed by atoms with Gasteiger partial charge in [-0.3, -0.25) is 0 Å². The van der Waals surface area contributed by atoms with Crippen molar-refractivity contribution >= 4 is 15.9 Å². The standard InChI is InChI=1S/C17H18BrFO2/c1-12(20)2-3-13-4-6-17(7-5-13)21-11-14-8-15(18)10-16(19)9-14/h4-10,12,20H,2-3,11H2,1H3. The molecule has 0 saturated carbocycles.